The highest BCUT2D eigenvalue weighted by atomic mass is 32.2. The van der Waals surface area contributed by atoms with Gasteiger partial charge >= 0.3 is 0 Å². The molecule has 2 amide bonds. The van der Waals surface area contributed by atoms with Crippen LogP contribution in [-0.4, -0.2) is 36.8 Å². The van der Waals surface area contributed by atoms with Crippen LogP contribution >= 0.6 is 23.1 Å². The van der Waals surface area contributed by atoms with Crippen LogP contribution in [0.15, 0.2) is 77.0 Å². The molecule has 0 atom stereocenters. The maximum absolute atomic E-state index is 12.8. The van der Waals surface area contributed by atoms with Crippen molar-refractivity contribution in [1.29, 1.82) is 0 Å². The number of hydrogen-bond acceptors (Lipinski definition) is 7. The predicted molar refractivity (Wildman–Crippen MR) is 146 cm³/mol. The number of rotatable bonds is 9. The van der Waals surface area contributed by atoms with Crippen LogP contribution in [0.5, 0.6) is 11.5 Å². The van der Waals surface area contributed by atoms with Gasteiger partial charge in [0.2, 0.25) is 5.91 Å². The van der Waals surface area contributed by atoms with Crippen molar-refractivity contribution in [2.45, 2.75) is 11.8 Å². The van der Waals surface area contributed by atoms with Gasteiger partial charge in [0.25, 0.3) is 5.91 Å². The Labute approximate surface area is 217 Å². The first-order valence-electron chi connectivity index (χ1n) is 11.0. The molecule has 0 saturated heterocycles. The average Bonchev–Trinajstić information content (AvgIpc) is 3.36. The lowest BCUT2D eigenvalue weighted by Crippen LogP contribution is -2.14. The minimum absolute atomic E-state index is 0.134. The summed E-state index contributed by atoms with van der Waals surface area (Å²) in [6.07, 6.45) is 0. The van der Waals surface area contributed by atoms with E-state index in [1.54, 1.807) is 30.3 Å². The highest BCUT2D eigenvalue weighted by molar-refractivity contribution is 8.00. The first-order chi connectivity index (χ1) is 17.5. The normalized spacial score (nSPS) is 10.5. The third-order valence-electron chi connectivity index (χ3n) is 5.23. The van der Waals surface area contributed by atoms with Gasteiger partial charge in [-0.05, 0) is 43.3 Å². The summed E-state index contributed by atoms with van der Waals surface area (Å²) < 4.78 is 10.6. The Hall–Kier alpha value is -3.82. The number of nitrogens with zero attached hydrogens (tertiary/aromatic N) is 1. The van der Waals surface area contributed by atoms with Crippen molar-refractivity contribution in [2.75, 3.05) is 30.6 Å². The van der Waals surface area contributed by atoms with E-state index in [1.165, 1.54) is 42.9 Å². The lowest BCUT2D eigenvalue weighted by atomic mass is 10.1. The molecule has 1 aromatic heterocycles. The van der Waals surface area contributed by atoms with Crippen LogP contribution in [0.2, 0.25) is 0 Å². The summed E-state index contributed by atoms with van der Waals surface area (Å²) >= 11 is 2.80. The van der Waals surface area contributed by atoms with Gasteiger partial charge in [-0.25, -0.2) is 4.98 Å². The van der Waals surface area contributed by atoms with E-state index in [-0.39, 0.29) is 17.6 Å². The number of thiazole rings is 1. The van der Waals surface area contributed by atoms with Gasteiger partial charge in [-0.2, -0.15) is 0 Å². The van der Waals surface area contributed by atoms with Gasteiger partial charge in [0.1, 0.15) is 17.1 Å². The van der Waals surface area contributed by atoms with E-state index in [0.717, 1.165) is 16.2 Å². The monoisotopic (exact) mass is 519 g/mol. The Morgan fingerprint density at radius 2 is 1.58 bits per heavy atom. The number of amides is 2. The molecule has 0 aliphatic heterocycles. The fourth-order valence-electron chi connectivity index (χ4n) is 3.40. The molecule has 0 aliphatic carbocycles. The number of carbonyl (C=O) groups excluding carboxylic acids is 2. The maximum Gasteiger partial charge on any atom is 0.263 e. The topological polar surface area (TPSA) is 89.5 Å². The van der Waals surface area contributed by atoms with Crippen LogP contribution in [0.1, 0.15) is 15.9 Å². The molecule has 0 bridgehead atoms. The van der Waals surface area contributed by atoms with Crippen molar-refractivity contribution in [3.63, 3.8) is 0 Å². The zero-order valence-corrected chi connectivity index (χ0v) is 21.7. The van der Waals surface area contributed by atoms with Crippen LogP contribution in [0, 0.1) is 6.92 Å². The molecule has 1 heterocycles. The molecule has 7 nitrogen and oxygen atoms in total. The van der Waals surface area contributed by atoms with Crippen molar-refractivity contribution in [3.8, 4) is 22.8 Å². The molecular formula is C27H25N3O4S2. The van der Waals surface area contributed by atoms with Gasteiger partial charge in [0.15, 0.2) is 5.13 Å². The van der Waals surface area contributed by atoms with Gasteiger partial charge in [-0.15, -0.1) is 23.1 Å². The molecule has 4 rings (SSSR count). The predicted octanol–water partition coefficient (Wildman–Crippen LogP) is 6.12. The maximum atomic E-state index is 12.8. The van der Waals surface area contributed by atoms with Crippen molar-refractivity contribution in [2.24, 2.45) is 0 Å². The van der Waals surface area contributed by atoms with Gasteiger partial charge in [-0.3, -0.25) is 9.59 Å². The summed E-state index contributed by atoms with van der Waals surface area (Å²) in [5.41, 5.74) is 3.99. The third kappa shape index (κ3) is 6.24. The van der Waals surface area contributed by atoms with Crippen LogP contribution in [0.4, 0.5) is 10.8 Å². The first-order valence-corrected chi connectivity index (χ1v) is 12.9. The zero-order valence-electron chi connectivity index (χ0n) is 20.0. The van der Waals surface area contributed by atoms with Crippen molar-refractivity contribution in [3.05, 3.63) is 83.2 Å². The van der Waals surface area contributed by atoms with E-state index in [1.807, 2.05) is 48.7 Å². The van der Waals surface area contributed by atoms with E-state index in [9.17, 15) is 9.59 Å². The van der Waals surface area contributed by atoms with Crippen molar-refractivity contribution in [1.82, 2.24) is 4.98 Å². The minimum Gasteiger partial charge on any atom is -0.496 e. The number of benzene rings is 3. The van der Waals surface area contributed by atoms with Crippen LogP contribution in [0.25, 0.3) is 11.3 Å². The van der Waals surface area contributed by atoms with Gasteiger partial charge < -0.3 is 20.1 Å². The van der Waals surface area contributed by atoms with E-state index in [2.05, 4.69) is 15.6 Å². The Balaban J connectivity index is 1.31. The molecule has 0 fully saturated rings. The van der Waals surface area contributed by atoms with Crippen LogP contribution in [-0.2, 0) is 4.79 Å². The zero-order chi connectivity index (χ0) is 25.5. The van der Waals surface area contributed by atoms with E-state index in [0.29, 0.717) is 27.9 Å². The molecule has 4 aromatic rings. The average molecular weight is 520 g/mol. The second-order valence-corrected chi connectivity index (χ2v) is 9.66. The van der Waals surface area contributed by atoms with E-state index >= 15 is 0 Å². The number of hydrogen-bond donors (Lipinski definition) is 2. The summed E-state index contributed by atoms with van der Waals surface area (Å²) in [5, 5.41) is 8.22. The second-order valence-electron chi connectivity index (χ2n) is 7.76. The number of ether oxygens (including phenoxy) is 2. The number of anilines is 2. The number of methoxy groups -OCH3 is 2. The first kappa shape index (κ1) is 25.3. The fraction of sp³-hybridized carbons (Fsp3) is 0.148. The smallest absolute Gasteiger partial charge is 0.263 e. The fourth-order valence-corrected chi connectivity index (χ4v) is 4.83. The highest BCUT2D eigenvalue weighted by Gasteiger charge is 2.18. The largest absolute Gasteiger partial charge is 0.496 e. The molecule has 0 spiro atoms. The summed E-state index contributed by atoms with van der Waals surface area (Å²) in [5.74, 6) is 0.624. The number of nitrogens with one attached hydrogen (secondary N) is 2. The number of carbonyl (C=O) groups is 2. The van der Waals surface area contributed by atoms with Gasteiger partial charge in [0, 0.05) is 21.5 Å². The van der Waals surface area contributed by atoms with Crippen LogP contribution in [0.3, 0.4) is 0 Å². The molecule has 2 N–H and O–H groups in total. The molecule has 36 heavy (non-hydrogen) atoms. The number of thioether (sulfide) groups is 1. The van der Waals surface area contributed by atoms with E-state index in [4.69, 9.17) is 9.47 Å². The third-order valence-corrected chi connectivity index (χ3v) is 7.00. The molecule has 0 radical (unpaired) electrons. The summed E-state index contributed by atoms with van der Waals surface area (Å²) in [4.78, 5) is 30.7. The van der Waals surface area contributed by atoms with Crippen LogP contribution < -0.4 is 20.1 Å². The molecular weight excluding hydrogens is 494 g/mol. The minimum atomic E-state index is -0.336. The summed E-state index contributed by atoms with van der Waals surface area (Å²) in [6, 6.07) is 20.6. The Morgan fingerprint density at radius 1 is 0.917 bits per heavy atom. The van der Waals surface area contributed by atoms with Gasteiger partial charge in [0.05, 0.1) is 25.7 Å². The lowest BCUT2D eigenvalue weighted by Gasteiger charge is -2.13. The molecule has 9 heteroatoms. The molecule has 0 unspecified atom stereocenters. The Bertz CT molecular complexity index is 1330. The van der Waals surface area contributed by atoms with E-state index < -0.39 is 0 Å². The summed E-state index contributed by atoms with van der Waals surface area (Å²) in [7, 11) is 3.01. The highest BCUT2D eigenvalue weighted by Crippen LogP contribution is 2.30. The molecule has 0 aliphatic rings. The molecule has 0 saturated carbocycles. The standard InChI is InChI=1S/C27H25N3O4S2/c1-17-7-9-18(10-8-17)21-15-36-27(29-21)30-24(31)16-35-20-13-11-19(12-14-20)28-26(32)25-22(33-2)5-4-6-23(25)34-3/h4-15H,16H2,1-3H3,(H,28,32)(H,29,30,31). The molecule has 184 valence electrons. The van der Waals surface area contributed by atoms with Crippen molar-refractivity contribution < 1.29 is 19.1 Å². The number of aromatic nitrogens is 1. The quantitative estimate of drug-likeness (QED) is 0.259. The molecule has 3 aromatic carbocycles. The van der Waals surface area contributed by atoms with Gasteiger partial charge in [-0.1, -0.05) is 35.9 Å². The number of aryl methyl sites for hydroxylation is 1. The second kappa shape index (κ2) is 11.7. The Morgan fingerprint density at radius 3 is 2.22 bits per heavy atom. The Kier molecular flexibility index (Phi) is 8.24. The summed E-state index contributed by atoms with van der Waals surface area (Å²) in [6.45, 7) is 2.04. The lowest BCUT2D eigenvalue weighted by molar-refractivity contribution is -0.113. The SMILES string of the molecule is COc1cccc(OC)c1C(=O)Nc1ccc(SCC(=O)Nc2nc(-c3ccc(C)cc3)cs2)cc1. The van der Waals surface area contributed by atoms with Crippen molar-refractivity contribution >= 4 is 45.7 Å².